The summed E-state index contributed by atoms with van der Waals surface area (Å²) in [4.78, 5) is 29.0. The minimum atomic E-state index is -4.42. The minimum Gasteiger partial charge on any atom is -0.497 e. The Balaban J connectivity index is 1.78. The summed E-state index contributed by atoms with van der Waals surface area (Å²) >= 11 is 0. The third-order valence-corrected chi connectivity index (χ3v) is 9.70. The fourth-order valence-electron chi connectivity index (χ4n) is 5.36. The summed E-state index contributed by atoms with van der Waals surface area (Å²) in [6.45, 7) is 1.12. The van der Waals surface area contributed by atoms with Crippen molar-refractivity contribution in [3.63, 3.8) is 0 Å². The zero-order valence-electron chi connectivity index (χ0n) is 26.3. The molecule has 1 aliphatic rings. The van der Waals surface area contributed by atoms with Crippen molar-refractivity contribution in [3.8, 4) is 23.0 Å². The predicted molar refractivity (Wildman–Crippen MR) is 170 cm³/mol. The van der Waals surface area contributed by atoms with Crippen LogP contribution in [0.4, 0.5) is 5.69 Å². The monoisotopic (exact) mass is 639 g/mol. The lowest BCUT2D eigenvalue weighted by molar-refractivity contribution is -0.139. The number of nitrogens with one attached hydrogen (secondary N) is 1. The van der Waals surface area contributed by atoms with Crippen molar-refractivity contribution in [1.82, 2.24) is 10.2 Å². The highest BCUT2D eigenvalue weighted by molar-refractivity contribution is 7.92. The SMILES string of the molecule is COc1ccc(OC)c(N(CC(=O)N(Cc2ccccc2)[C@@H](C)C(=O)NC2CCCC2)S(=O)(=O)c2ccc(OC)c(OC)c2)c1. The van der Waals surface area contributed by atoms with Crippen LogP contribution in [-0.4, -0.2) is 72.2 Å². The number of nitrogens with zero attached hydrogens (tertiary/aromatic N) is 2. The molecule has 1 N–H and O–H groups in total. The number of amides is 2. The van der Waals surface area contributed by atoms with Crippen molar-refractivity contribution < 1.29 is 37.0 Å². The summed E-state index contributed by atoms with van der Waals surface area (Å²) in [5.41, 5.74) is 0.877. The van der Waals surface area contributed by atoms with Gasteiger partial charge in [-0.05, 0) is 49.6 Å². The van der Waals surface area contributed by atoms with Crippen LogP contribution in [0.2, 0.25) is 0 Å². The van der Waals surface area contributed by atoms with Crippen molar-refractivity contribution in [2.45, 2.75) is 56.1 Å². The Morgan fingerprint density at radius 1 is 0.844 bits per heavy atom. The number of carbonyl (C=O) groups excluding carboxylic acids is 2. The lowest BCUT2D eigenvalue weighted by atomic mass is 10.1. The molecule has 11 nitrogen and oxygen atoms in total. The summed E-state index contributed by atoms with van der Waals surface area (Å²) < 4.78 is 51.4. The first-order valence-corrected chi connectivity index (χ1v) is 16.2. The van der Waals surface area contributed by atoms with Crippen molar-refractivity contribution in [2.75, 3.05) is 39.3 Å². The van der Waals surface area contributed by atoms with Gasteiger partial charge in [-0.2, -0.15) is 0 Å². The van der Waals surface area contributed by atoms with E-state index >= 15 is 0 Å². The quantitative estimate of drug-likeness (QED) is 0.276. The fraction of sp³-hybridized carbons (Fsp3) is 0.394. The summed E-state index contributed by atoms with van der Waals surface area (Å²) in [6, 6.07) is 17.3. The molecular weight excluding hydrogens is 598 g/mol. The van der Waals surface area contributed by atoms with Crippen molar-refractivity contribution in [2.24, 2.45) is 0 Å². The van der Waals surface area contributed by atoms with Gasteiger partial charge in [0.1, 0.15) is 24.1 Å². The van der Waals surface area contributed by atoms with Crippen molar-refractivity contribution in [3.05, 3.63) is 72.3 Å². The van der Waals surface area contributed by atoms with E-state index in [4.69, 9.17) is 18.9 Å². The minimum absolute atomic E-state index is 0.0524. The van der Waals surface area contributed by atoms with E-state index in [1.54, 1.807) is 19.1 Å². The van der Waals surface area contributed by atoms with Gasteiger partial charge >= 0.3 is 0 Å². The Kier molecular flexibility index (Phi) is 11.2. The highest BCUT2D eigenvalue weighted by Crippen LogP contribution is 2.38. The fourth-order valence-corrected chi connectivity index (χ4v) is 6.80. The van der Waals surface area contributed by atoms with Crippen LogP contribution < -0.4 is 28.6 Å². The molecule has 3 aromatic carbocycles. The largest absolute Gasteiger partial charge is 0.497 e. The average molecular weight is 640 g/mol. The molecule has 3 aromatic rings. The van der Waals surface area contributed by atoms with E-state index in [0.29, 0.717) is 11.5 Å². The van der Waals surface area contributed by atoms with Crippen LogP contribution in [-0.2, 0) is 26.2 Å². The van der Waals surface area contributed by atoms with Gasteiger partial charge in [0.05, 0.1) is 39.0 Å². The molecule has 0 aliphatic heterocycles. The van der Waals surface area contributed by atoms with E-state index < -0.39 is 28.5 Å². The molecule has 0 unspecified atom stereocenters. The second-order valence-corrected chi connectivity index (χ2v) is 12.6. The smallest absolute Gasteiger partial charge is 0.265 e. The van der Waals surface area contributed by atoms with E-state index in [1.165, 1.54) is 57.6 Å². The molecule has 1 aliphatic carbocycles. The van der Waals surface area contributed by atoms with Crippen LogP contribution >= 0.6 is 0 Å². The topological polar surface area (TPSA) is 124 Å². The first-order valence-electron chi connectivity index (χ1n) is 14.7. The van der Waals surface area contributed by atoms with Crippen LogP contribution in [0.1, 0.15) is 38.2 Å². The van der Waals surface area contributed by atoms with Gasteiger partial charge in [0, 0.05) is 24.7 Å². The van der Waals surface area contributed by atoms with Crippen LogP contribution in [0.3, 0.4) is 0 Å². The normalized spacial score (nSPS) is 13.9. The van der Waals surface area contributed by atoms with E-state index in [-0.39, 0.29) is 40.6 Å². The molecule has 1 atom stereocenters. The molecule has 12 heteroatoms. The highest BCUT2D eigenvalue weighted by Gasteiger charge is 2.35. The Morgan fingerprint density at radius 2 is 1.49 bits per heavy atom. The Bertz CT molecular complexity index is 1580. The molecule has 1 fully saturated rings. The van der Waals surface area contributed by atoms with Gasteiger partial charge < -0.3 is 29.2 Å². The lowest BCUT2D eigenvalue weighted by Crippen LogP contribution is -2.52. The van der Waals surface area contributed by atoms with Gasteiger partial charge in [0.15, 0.2) is 11.5 Å². The number of sulfonamides is 1. The summed E-state index contributed by atoms with van der Waals surface area (Å²) in [7, 11) is 1.29. The molecule has 0 heterocycles. The lowest BCUT2D eigenvalue weighted by Gasteiger charge is -2.33. The van der Waals surface area contributed by atoms with Gasteiger partial charge in [-0.25, -0.2) is 8.42 Å². The second kappa shape index (κ2) is 15.0. The molecule has 0 aromatic heterocycles. The molecular formula is C33H41N3O8S. The molecule has 242 valence electrons. The summed E-state index contributed by atoms with van der Waals surface area (Å²) in [5, 5.41) is 3.07. The number of anilines is 1. The van der Waals surface area contributed by atoms with Gasteiger partial charge in [-0.1, -0.05) is 43.2 Å². The van der Waals surface area contributed by atoms with Crippen LogP contribution in [0.15, 0.2) is 71.6 Å². The van der Waals surface area contributed by atoms with Gasteiger partial charge in [0.2, 0.25) is 11.8 Å². The molecule has 0 saturated heterocycles. The zero-order valence-corrected chi connectivity index (χ0v) is 27.1. The maximum atomic E-state index is 14.4. The van der Waals surface area contributed by atoms with E-state index in [1.807, 2.05) is 30.3 Å². The van der Waals surface area contributed by atoms with Crippen LogP contribution in [0.25, 0.3) is 0 Å². The van der Waals surface area contributed by atoms with Gasteiger partial charge in [0.25, 0.3) is 10.0 Å². The Hall–Kier alpha value is -4.45. The third-order valence-electron chi connectivity index (χ3n) is 7.94. The van der Waals surface area contributed by atoms with E-state index in [9.17, 15) is 18.0 Å². The molecule has 1 saturated carbocycles. The maximum absolute atomic E-state index is 14.4. The molecule has 0 radical (unpaired) electrons. The summed E-state index contributed by atoms with van der Waals surface area (Å²) in [6.07, 6.45) is 3.85. The van der Waals surface area contributed by atoms with Gasteiger partial charge in [-0.3, -0.25) is 13.9 Å². The van der Waals surface area contributed by atoms with Crippen LogP contribution in [0, 0.1) is 0 Å². The standard InChI is InChI=1S/C33H41N3O8S/c1-23(33(38)34-25-13-9-10-14-25)35(21-24-11-7-6-8-12-24)32(37)22-36(28-19-26(41-2)15-17-29(28)42-3)45(39,40)27-16-18-30(43-4)31(20-27)44-5/h6-8,11-12,15-20,23,25H,9-10,13-14,21-22H2,1-5H3,(H,34,38)/t23-/m0/s1. The number of hydrogen-bond acceptors (Lipinski definition) is 8. The number of carbonyl (C=O) groups is 2. The van der Waals surface area contributed by atoms with Gasteiger partial charge in [-0.15, -0.1) is 0 Å². The first kappa shape index (κ1) is 33.4. The molecule has 4 rings (SSSR count). The number of rotatable bonds is 14. The predicted octanol–water partition coefficient (Wildman–Crippen LogP) is 4.39. The number of benzene rings is 3. The molecule has 45 heavy (non-hydrogen) atoms. The van der Waals surface area contributed by atoms with Crippen molar-refractivity contribution >= 4 is 27.5 Å². The highest BCUT2D eigenvalue weighted by atomic mass is 32.2. The average Bonchev–Trinajstić information content (AvgIpc) is 3.58. The van der Waals surface area contributed by atoms with E-state index in [0.717, 1.165) is 35.6 Å². The zero-order chi connectivity index (χ0) is 32.6. The second-order valence-electron chi connectivity index (χ2n) is 10.7. The molecule has 2 amide bonds. The Labute approximate surface area is 265 Å². The number of methoxy groups -OCH3 is 4. The maximum Gasteiger partial charge on any atom is 0.265 e. The van der Waals surface area contributed by atoms with E-state index in [2.05, 4.69) is 5.32 Å². The third kappa shape index (κ3) is 7.80. The van der Waals surface area contributed by atoms with Crippen molar-refractivity contribution in [1.29, 1.82) is 0 Å². The number of ether oxygens (including phenoxy) is 4. The summed E-state index contributed by atoms with van der Waals surface area (Å²) in [5.74, 6) is 0.228. The Morgan fingerprint density at radius 3 is 2.11 bits per heavy atom. The van der Waals surface area contributed by atoms with Crippen LogP contribution in [0.5, 0.6) is 23.0 Å². The number of hydrogen-bond donors (Lipinski definition) is 1. The molecule has 0 bridgehead atoms. The molecule has 0 spiro atoms. The first-order chi connectivity index (χ1) is 21.6.